The maximum atomic E-state index is 13.6. The van der Waals surface area contributed by atoms with Gasteiger partial charge < -0.3 is 5.32 Å². The minimum absolute atomic E-state index is 0.0976. The molecule has 20 heavy (non-hydrogen) atoms. The van der Waals surface area contributed by atoms with Crippen LogP contribution in [0, 0.1) is 28.7 Å². The molecule has 0 amide bonds. The third-order valence-corrected chi connectivity index (χ3v) is 2.80. The van der Waals surface area contributed by atoms with Gasteiger partial charge in [-0.3, -0.25) is 10.1 Å². The summed E-state index contributed by atoms with van der Waals surface area (Å²) in [6.07, 6.45) is 0. The van der Waals surface area contributed by atoms with E-state index in [1.54, 1.807) is 0 Å². The van der Waals surface area contributed by atoms with Crippen molar-refractivity contribution in [1.29, 1.82) is 0 Å². The number of benzene rings is 2. The Kier molecular flexibility index (Phi) is 3.93. The average Bonchev–Trinajstić information content (AvgIpc) is 2.37. The lowest BCUT2D eigenvalue weighted by molar-refractivity contribution is -0.387. The van der Waals surface area contributed by atoms with Crippen LogP contribution in [0.5, 0.6) is 0 Å². The number of halogens is 2. The van der Waals surface area contributed by atoms with E-state index in [9.17, 15) is 18.9 Å². The van der Waals surface area contributed by atoms with Crippen LogP contribution in [0.4, 0.5) is 20.2 Å². The van der Waals surface area contributed by atoms with Crippen molar-refractivity contribution in [3.05, 3.63) is 69.3 Å². The van der Waals surface area contributed by atoms with Gasteiger partial charge in [0.25, 0.3) is 0 Å². The van der Waals surface area contributed by atoms with Crippen molar-refractivity contribution < 1.29 is 13.7 Å². The van der Waals surface area contributed by atoms with E-state index in [0.717, 1.165) is 17.2 Å². The van der Waals surface area contributed by atoms with Crippen molar-refractivity contribution in [2.24, 2.45) is 0 Å². The molecule has 2 aromatic rings. The zero-order valence-corrected chi connectivity index (χ0v) is 10.7. The molecule has 0 aliphatic heterocycles. The highest BCUT2D eigenvalue weighted by Crippen LogP contribution is 2.25. The molecule has 0 fully saturated rings. The second-order valence-corrected chi connectivity index (χ2v) is 4.38. The molecule has 6 heteroatoms. The van der Waals surface area contributed by atoms with Gasteiger partial charge in [0.1, 0.15) is 5.82 Å². The molecule has 0 heterocycles. The third kappa shape index (κ3) is 3.09. The number of aryl methyl sites for hydroxylation is 1. The number of nitro groups is 1. The van der Waals surface area contributed by atoms with Crippen LogP contribution >= 0.6 is 0 Å². The number of rotatable bonds is 4. The Morgan fingerprint density at radius 2 is 1.95 bits per heavy atom. The predicted octanol–water partition coefficient (Wildman–Crippen LogP) is 3.79. The van der Waals surface area contributed by atoms with Gasteiger partial charge in [-0.25, -0.2) is 4.39 Å². The zero-order chi connectivity index (χ0) is 14.7. The molecule has 0 saturated carbocycles. The van der Waals surface area contributed by atoms with E-state index in [2.05, 4.69) is 5.32 Å². The molecular weight excluding hydrogens is 266 g/mol. The molecule has 0 radical (unpaired) electrons. The first kappa shape index (κ1) is 13.9. The molecule has 2 aromatic carbocycles. The number of nitro benzene ring substituents is 1. The summed E-state index contributed by atoms with van der Waals surface area (Å²) < 4.78 is 26.7. The van der Waals surface area contributed by atoms with E-state index >= 15 is 0 Å². The molecular formula is C14H12F2N2O2. The quantitative estimate of drug-likeness (QED) is 0.683. The van der Waals surface area contributed by atoms with Crippen molar-refractivity contribution in [1.82, 2.24) is 0 Å². The maximum Gasteiger partial charge on any atom is 0.307 e. The summed E-state index contributed by atoms with van der Waals surface area (Å²) in [4.78, 5) is 9.74. The number of nitrogens with one attached hydrogen (secondary N) is 1. The van der Waals surface area contributed by atoms with Gasteiger partial charge in [0.2, 0.25) is 5.82 Å². The molecule has 0 saturated heterocycles. The van der Waals surface area contributed by atoms with Gasteiger partial charge >= 0.3 is 5.69 Å². The molecule has 0 bridgehead atoms. The Balaban J connectivity index is 2.21. The van der Waals surface area contributed by atoms with Crippen LogP contribution in [-0.2, 0) is 6.54 Å². The van der Waals surface area contributed by atoms with E-state index in [-0.39, 0.29) is 5.69 Å². The Morgan fingerprint density at radius 3 is 2.60 bits per heavy atom. The molecule has 0 unspecified atom stereocenters. The highest BCUT2D eigenvalue weighted by atomic mass is 19.1. The lowest BCUT2D eigenvalue weighted by Gasteiger charge is -2.08. The number of hydrogen-bond acceptors (Lipinski definition) is 3. The van der Waals surface area contributed by atoms with Gasteiger partial charge in [0.05, 0.1) is 10.6 Å². The molecule has 0 atom stereocenters. The van der Waals surface area contributed by atoms with Gasteiger partial charge in [-0.2, -0.15) is 4.39 Å². The van der Waals surface area contributed by atoms with Gasteiger partial charge in [-0.05, 0) is 12.5 Å². The van der Waals surface area contributed by atoms with Crippen LogP contribution in [0.1, 0.15) is 11.1 Å². The largest absolute Gasteiger partial charge is 0.378 e. The van der Waals surface area contributed by atoms with E-state index < -0.39 is 22.2 Å². The molecule has 1 N–H and O–H groups in total. The second-order valence-electron chi connectivity index (χ2n) is 4.38. The van der Waals surface area contributed by atoms with Crippen LogP contribution in [0.25, 0.3) is 0 Å². The van der Waals surface area contributed by atoms with Crippen molar-refractivity contribution in [3.63, 3.8) is 0 Å². The zero-order valence-electron chi connectivity index (χ0n) is 10.7. The van der Waals surface area contributed by atoms with Gasteiger partial charge in [0, 0.05) is 18.7 Å². The first-order chi connectivity index (χ1) is 9.47. The number of nitrogens with zero attached hydrogens (tertiary/aromatic N) is 1. The topological polar surface area (TPSA) is 55.2 Å². The van der Waals surface area contributed by atoms with Crippen LogP contribution in [0.3, 0.4) is 0 Å². The normalized spacial score (nSPS) is 10.3. The van der Waals surface area contributed by atoms with Crippen molar-refractivity contribution in [2.45, 2.75) is 13.5 Å². The summed E-state index contributed by atoms with van der Waals surface area (Å²) in [5.74, 6) is -2.05. The smallest absolute Gasteiger partial charge is 0.307 e. The fraction of sp³-hybridized carbons (Fsp3) is 0.143. The first-order valence-electron chi connectivity index (χ1n) is 5.90. The highest BCUT2D eigenvalue weighted by molar-refractivity contribution is 5.53. The molecule has 0 spiro atoms. The number of anilines is 1. The Morgan fingerprint density at radius 1 is 1.20 bits per heavy atom. The lowest BCUT2D eigenvalue weighted by Crippen LogP contribution is -2.04. The Labute approximate surface area is 114 Å². The molecule has 104 valence electrons. The minimum Gasteiger partial charge on any atom is -0.378 e. The van der Waals surface area contributed by atoms with Gasteiger partial charge in [-0.1, -0.05) is 29.8 Å². The summed E-state index contributed by atoms with van der Waals surface area (Å²) in [7, 11) is 0. The van der Waals surface area contributed by atoms with Crippen LogP contribution in [-0.4, -0.2) is 4.92 Å². The van der Waals surface area contributed by atoms with E-state index in [4.69, 9.17) is 0 Å². The predicted molar refractivity (Wildman–Crippen MR) is 71.5 cm³/mol. The fourth-order valence-corrected chi connectivity index (χ4v) is 1.83. The first-order valence-corrected chi connectivity index (χ1v) is 5.90. The third-order valence-electron chi connectivity index (χ3n) is 2.80. The summed E-state index contributed by atoms with van der Waals surface area (Å²) in [6, 6.07) is 8.90. The van der Waals surface area contributed by atoms with Crippen molar-refractivity contribution in [3.8, 4) is 0 Å². The van der Waals surface area contributed by atoms with Gasteiger partial charge in [-0.15, -0.1) is 0 Å². The van der Waals surface area contributed by atoms with Crippen LogP contribution in [0.15, 0.2) is 36.4 Å². The maximum absolute atomic E-state index is 13.6. The summed E-state index contributed by atoms with van der Waals surface area (Å²) in [5, 5.41) is 13.4. The minimum atomic E-state index is -1.19. The van der Waals surface area contributed by atoms with E-state index in [0.29, 0.717) is 12.6 Å². The molecule has 0 aromatic heterocycles. The second kappa shape index (κ2) is 5.64. The molecule has 4 nitrogen and oxygen atoms in total. The van der Waals surface area contributed by atoms with E-state index in [1.165, 1.54) is 0 Å². The summed E-state index contributed by atoms with van der Waals surface area (Å²) >= 11 is 0. The monoisotopic (exact) mass is 278 g/mol. The standard InChI is InChI=1S/C14H12F2N2O2/c1-9-3-2-4-10(5-9)8-17-13-7-14(18(19)20)12(16)6-11(13)15/h2-7,17H,8H2,1H3. The van der Waals surface area contributed by atoms with Crippen LogP contribution < -0.4 is 5.32 Å². The van der Waals surface area contributed by atoms with Crippen molar-refractivity contribution >= 4 is 11.4 Å². The van der Waals surface area contributed by atoms with E-state index in [1.807, 2.05) is 31.2 Å². The Bertz CT molecular complexity index is 660. The summed E-state index contributed by atoms with van der Waals surface area (Å²) in [5.41, 5.74) is 1.10. The summed E-state index contributed by atoms with van der Waals surface area (Å²) in [6.45, 7) is 2.22. The molecule has 2 rings (SSSR count). The van der Waals surface area contributed by atoms with Crippen molar-refractivity contribution in [2.75, 3.05) is 5.32 Å². The molecule has 0 aliphatic carbocycles. The fourth-order valence-electron chi connectivity index (χ4n) is 1.83. The van der Waals surface area contributed by atoms with Crippen LogP contribution in [0.2, 0.25) is 0 Å². The highest BCUT2D eigenvalue weighted by Gasteiger charge is 2.18. The SMILES string of the molecule is Cc1cccc(CNc2cc([N+](=O)[O-])c(F)cc2F)c1. The number of hydrogen-bond donors (Lipinski definition) is 1. The molecule has 0 aliphatic rings. The van der Waals surface area contributed by atoms with Gasteiger partial charge in [0.15, 0.2) is 0 Å². The average molecular weight is 278 g/mol. The lowest BCUT2D eigenvalue weighted by atomic mass is 10.1. The Hall–Kier alpha value is -2.50.